The van der Waals surface area contributed by atoms with Gasteiger partial charge < -0.3 is 15.2 Å². The number of nitrogens with zero attached hydrogens (tertiary/aromatic N) is 2. The van der Waals surface area contributed by atoms with Crippen LogP contribution in [0.3, 0.4) is 0 Å². The Morgan fingerprint density at radius 3 is 3.06 bits per heavy atom. The maximum atomic E-state index is 11.5. The molecule has 18 heavy (non-hydrogen) atoms. The number of rotatable bonds is 5. The molecule has 0 saturated heterocycles. The molecule has 0 aliphatic carbocycles. The molecule has 0 unspecified atom stereocenters. The lowest BCUT2D eigenvalue weighted by Crippen LogP contribution is -2.25. The van der Waals surface area contributed by atoms with Gasteiger partial charge in [-0.25, -0.2) is 4.98 Å². The van der Waals surface area contributed by atoms with E-state index in [-0.39, 0.29) is 5.91 Å². The quantitative estimate of drug-likeness (QED) is 0.827. The molecular weight excluding hydrogens is 228 g/mol. The molecule has 94 valence electrons. The fraction of sp³-hybridized carbons (Fsp3) is 0.231. The third-order valence-corrected chi connectivity index (χ3v) is 2.47. The molecule has 2 rings (SSSR count). The Hall–Kier alpha value is -2.14. The van der Waals surface area contributed by atoms with Crippen molar-refractivity contribution in [2.45, 2.75) is 6.54 Å². The van der Waals surface area contributed by atoms with Gasteiger partial charge >= 0.3 is 0 Å². The standard InChI is InChI=1S/C13H16N4O/c1-14-8-13(18)16-12-4-2-3-11(7-12)9-17-6-5-15-10-17/h2-7,10,14H,8-9H2,1H3,(H,16,18). The molecule has 0 fully saturated rings. The second-order valence-electron chi connectivity index (χ2n) is 4.01. The Balaban J connectivity index is 2.03. The maximum Gasteiger partial charge on any atom is 0.238 e. The van der Waals surface area contributed by atoms with Gasteiger partial charge in [0.1, 0.15) is 0 Å². The highest BCUT2D eigenvalue weighted by Crippen LogP contribution is 2.11. The van der Waals surface area contributed by atoms with Crippen LogP contribution in [0.25, 0.3) is 0 Å². The maximum absolute atomic E-state index is 11.5. The van der Waals surface area contributed by atoms with Gasteiger partial charge in [-0.1, -0.05) is 12.1 Å². The highest BCUT2D eigenvalue weighted by molar-refractivity contribution is 5.92. The third kappa shape index (κ3) is 3.43. The van der Waals surface area contributed by atoms with Crippen LogP contribution in [0.4, 0.5) is 5.69 Å². The molecule has 0 spiro atoms. The van der Waals surface area contributed by atoms with Gasteiger partial charge in [-0.05, 0) is 24.7 Å². The zero-order chi connectivity index (χ0) is 12.8. The van der Waals surface area contributed by atoms with Gasteiger partial charge in [0.2, 0.25) is 5.91 Å². The van der Waals surface area contributed by atoms with Crippen LogP contribution < -0.4 is 10.6 Å². The normalized spacial score (nSPS) is 10.3. The van der Waals surface area contributed by atoms with Crippen molar-refractivity contribution in [1.29, 1.82) is 0 Å². The van der Waals surface area contributed by atoms with Gasteiger partial charge in [-0.15, -0.1) is 0 Å². The van der Waals surface area contributed by atoms with E-state index in [9.17, 15) is 4.79 Å². The molecule has 1 aromatic carbocycles. The van der Waals surface area contributed by atoms with Crippen molar-refractivity contribution in [1.82, 2.24) is 14.9 Å². The fourth-order valence-electron chi connectivity index (χ4n) is 1.70. The number of carbonyl (C=O) groups excluding carboxylic acids is 1. The van der Waals surface area contributed by atoms with E-state index in [1.807, 2.05) is 35.0 Å². The molecule has 5 heteroatoms. The first-order valence-electron chi connectivity index (χ1n) is 5.77. The number of nitrogens with one attached hydrogen (secondary N) is 2. The number of amides is 1. The molecule has 0 aliphatic heterocycles. The zero-order valence-corrected chi connectivity index (χ0v) is 10.3. The average Bonchev–Trinajstić information content (AvgIpc) is 2.82. The number of hydrogen-bond acceptors (Lipinski definition) is 3. The summed E-state index contributed by atoms with van der Waals surface area (Å²) in [5.41, 5.74) is 1.93. The van der Waals surface area contributed by atoms with E-state index in [0.717, 1.165) is 17.8 Å². The molecule has 0 saturated carbocycles. The zero-order valence-electron chi connectivity index (χ0n) is 10.3. The van der Waals surface area contributed by atoms with Crippen molar-refractivity contribution in [2.75, 3.05) is 18.9 Å². The summed E-state index contributed by atoms with van der Waals surface area (Å²) in [5, 5.41) is 5.65. The van der Waals surface area contributed by atoms with Gasteiger partial charge in [-0.3, -0.25) is 4.79 Å². The molecule has 0 atom stereocenters. The summed E-state index contributed by atoms with van der Waals surface area (Å²) in [4.78, 5) is 15.5. The highest BCUT2D eigenvalue weighted by Gasteiger charge is 2.01. The largest absolute Gasteiger partial charge is 0.333 e. The number of carbonyl (C=O) groups is 1. The Labute approximate surface area is 106 Å². The SMILES string of the molecule is CNCC(=O)Nc1cccc(Cn2ccnc2)c1. The minimum absolute atomic E-state index is 0.0442. The summed E-state index contributed by atoms with van der Waals surface area (Å²) in [5.74, 6) is -0.0442. The van der Waals surface area contributed by atoms with Gasteiger partial charge in [-0.2, -0.15) is 0 Å². The summed E-state index contributed by atoms with van der Waals surface area (Å²) in [6.07, 6.45) is 5.43. The van der Waals surface area contributed by atoms with Gasteiger partial charge in [0.05, 0.1) is 12.9 Å². The smallest absolute Gasteiger partial charge is 0.238 e. The van der Waals surface area contributed by atoms with Crippen LogP contribution in [-0.4, -0.2) is 29.1 Å². The topological polar surface area (TPSA) is 59.0 Å². The van der Waals surface area contributed by atoms with Gasteiger partial charge in [0.25, 0.3) is 0 Å². The molecule has 1 amide bonds. The lowest BCUT2D eigenvalue weighted by molar-refractivity contribution is -0.115. The summed E-state index contributed by atoms with van der Waals surface area (Å²) >= 11 is 0. The number of hydrogen-bond donors (Lipinski definition) is 2. The van der Waals surface area contributed by atoms with Crippen molar-refractivity contribution in [3.05, 3.63) is 48.5 Å². The van der Waals surface area contributed by atoms with Gasteiger partial charge in [0.15, 0.2) is 0 Å². The average molecular weight is 244 g/mol. The van der Waals surface area contributed by atoms with Crippen LogP contribution in [0, 0.1) is 0 Å². The number of benzene rings is 1. The van der Waals surface area contributed by atoms with E-state index in [1.54, 1.807) is 19.6 Å². The van der Waals surface area contributed by atoms with E-state index in [1.165, 1.54) is 0 Å². The second kappa shape index (κ2) is 5.97. The van der Waals surface area contributed by atoms with Crippen molar-refractivity contribution < 1.29 is 4.79 Å². The van der Waals surface area contributed by atoms with E-state index in [0.29, 0.717) is 6.54 Å². The fourth-order valence-corrected chi connectivity index (χ4v) is 1.70. The molecule has 2 aromatic rings. The van der Waals surface area contributed by atoms with Gasteiger partial charge in [0, 0.05) is 24.6 Å². The summed E-state index contributed by atoms with van der Waals surface area (Å²) in [6.45, 7) is 1.06. The van der Waals surface area contributed by atoms with E-state index >= 15 is 0 Å². The first-order chi connectivity index (χ1) is 8.78. The molecule has 1 heterocycles. The van der Waals surface area contributed by atoms with Crippen LogP contribution in [0.15, 0.2) is 43.0 Å². The second-order valence-corrected chi connectivity index (χ2v) is 4.01. The Kier molecular flexibility index (Phi) is 4.09. The van der Waals surface area contributed by atoms with Crippen LogP contribution >= 0.6 is 0 Å². The predicted molar refractivity (Wildman–Crippen MR) is 70.3 cm³/mol. The lowest BCUT2D eigenvalue weighted by Gasteiger charge is -2.07. The van der Waals surface area contributed by atoms with Crippen molar-refractivity contribution in [2.24, 2.45) is 0 Å². The third-order valence-electron chi connectivity index (χ3n) is 2.47. The van der Waals surface area contributed by atoms with E-state index in [4.69, 9.17) is 0 Å². The minimum Gasteiger partial charge on any atom is -0.333 e. The Bertz CT molecular complexity index is 507. The summed E-state index contributed by atoms with van der Waals surface area (Å²) < 4.78 is 1.98. The number of aromatic nitrogens is 2. The van der Waals surface area contributed by atoms with Crippen LogP contribution in [0.5, 0.6) is 0 Å². The lowest BCUT2D eigenvalue weighted by atomic mass is 10.2. The van der Waals surface area contributed by atoms with Crippen LogP contribution in [0.2, 0.25) is 0 Å². The summed E-state index contributed by atoms with van der Waals surface area (Å²) in [6, 6.07) is 7.80. The predicted octanol–water partition coefficient (Wildman–Crippen LogP) is 1.09. The van der Waals surface area contributed by atoms with Crippen molar-refractivity contribution >= 4 is 11.6 Å². The van der Waals surface area contributed by atoms with Crippen molar-refractivity contribution in [3.63, 3.8) is 0 Å². The number of likely N-dealkylation sites (N-methyl/N-ethyl adjacent to an activating group) is 1. The first kappa shape index (κ1) is 12.3. The molecule has 0 bridgehead atoms. The van der Waals surface area contributed by atoms with E-state index < -0.39 is 0 Å². The minimum atomic E-state index is -0.0442. The summed E-state index contributed by atoms with van der Waals surface area (Å²) in [7, 11) is 1.75. The molecule has 0 aliphatic rings. The van der Waals surface area contributed by atoms with E-state index in [2.05, 4.69) is 15.6 Å². The van der Waals surface area contributed by atoms with Crippen molar-refractivity contribution in [3.8, 4) is 0 Å². The molecule has 0 radical (unpaired) electrons. The molecular formula is C13H16N4O. The molecule has 1 aromatic heterocycles. The van der Waals surface area contributed by atoms with Crippen LogP contribution in [-0.2, 0) is 11.3 Å². The molecule has 5 nitrogen and oxygen atoms in total. The molecule has 2 N–H and O–H groups in total. The Morgan fingerprint density at radius 1 is 1.44 bits per heavy atom. The number of imidazole rings is 1. The highest BCUT2D eigenvalue weighted by atomic mass is 16.1. The Morgan fingerprint density at radius 2 is 2.33 bits per heavy atom. The van der Waals surface area contributed by atoms with Crippen LogP contribution in [0.1, 0.15) is 5.56 Å². The number of anilines is 1. The first-order valence-corrected chi connectivity index (χ1v) is 5.77. The monoisotopic (exact) mass is 244 g/mol.